The van der Waals surface area contributed by atoms with Crippen molar-refractivity contribution < 1.29 is 13.2 Å². The second kappa shape index (κ2) is 5.90. The van der Waals surface area contributed by atoms with Crippen LogP contribution >= 0.6 is 0 Å². The van der Waals surface area contributed by atoms with Crippen molar-refractivity contribution in [2.45, 2.75) is 32.5 Å². The van der Waals surface area contributed by atoms with Gasteiger partial charge in [0, 0.05) is 6.04 Å². The zero-order valence-electron chi connectivity index (χ0n) is 12.0. The van der Waals surface area contributed by atoms with Gasteiger partial charge >= 0.3 is 6.18 Å². The van der Waals surface area contributed by atoms with E-state index in [0.717, 1.165) is 22.8 Å². The van der Waals surface area contributed by atoms with E-state index < -0.39 is 11.7 Å². The molecule has 2 aromatic rings. The van der Waals surface area contributed by atoms with E-state index in [1.807, 2.05) is 32.0 Å². The smallest absolute Gasteiger partial charge is 0.324 e. The molecule has 0 saturated carbocycles. The summed E-state index contributed by atoms with van der Waals surface area (Å²) >= 11 is 0. The zero-order valence-corrected chi connectivity index (χ0v) is 12.0. The quantitative estimate of drug-likeness (QED) is 0.881. The molecular weight excluding hydrogens is 275 g/mol. The van der Waals surface area contributed by atoms with E-state index in [0.29, 0.717) is 12.0 Å². The normalized spacial score (nSPS) is 13.2. The Labute approximate surface area is 122 Å². The van der Waals surface area contributed by atoms with Crippen LogP contribution in [0.1, 0.15) is 33.9 Å². The fourth-order valence-electron chi connectivity index (χ4n) is 2.48. The summed E-state index contributed by atoms with van der Waals surface area (Å²) in [5.41, 5.74) is 9.29. The average molecular weight is 293 g/mol. The van der Waals surface area contributed by atoms with Gasteiger partial charge < -0.3 is 5.73 Å². The average Bonchev–Trinajstić information content (AvgIpc) is 2.37. The molecule has 2 rings (SSSR count). The van der Waals surface area contributed by atoms with Gasteiger partial charge in [-0.25, -0.2) is 0 Å². The lowest BCUT2D eigenvalue weighted by Crippen LogP contribution is -2.15. The van der Waals surface area contributed by atoms with Gasteiger partial charge in [0.2, 0.25) is 0 Å². The van der Waals surface area contributed by atoms with E-state index >= 15 is 0 Å². The summed E-state index contributed by atoms with van der Waals surface area (Å²) in [5, 5.41) is 0. The minimum atomic E-state index is -4.32. The van der Waals surface area contributed by atoms with Gasteiger partial charge in [-0.3, -0.25) is 0 Å². The van der Waals surface area contributed by atoms with E-state index in [1.54, 1.807) is 6.07 Å². The molecule has 2 aromatic carbocycles. The van der Waals surface area contributed by atoms with Gasteiger partial charge in [-0.1, -0.05) is 42.0 Å². The Morgan fingerprint density at radius 3 is 2.38 bits per heavy atom. The number of alkyl halides is 3. The predicted molar refractivity (Wildman–Crippen MR) is 78.0 cm³/mol. The number of benzene rings is 2. The summed E-state index contributed by atoms with van der Waals surface area (Å²) in [4.78, 5) is 0. The van der Waals surface area contributed by atoms with Crippen LogP contribution in [0, 0.1) is 13.8 Å². The van der Waals surface area contributed by atoms with Gasteiger partial charge in [0.1, 0.15) is 0 Å². The monoisotopic (exact) mass is 293 g/mol. The minimum Gasteiger partial charge on any atom is -0.324 e. The first-order valence-corrected chi connectivity index (χ1v) is 6.76. The van der Waals surface area contributed by atoms with Crippen molar-refractivity contribution in [2.75, 3.05) is 0 Å². The summed E-state index contributed by atoms with van der Waals surface area (Å²) in [6.45, 7) is 3.96. The second-order valence-electron chi connectivity index (χ2n) is 5.37. The third-order valence-electron chi connectivity index (χ3n) is 3.53. The third kappa shape index (κ3) is 3.85. The molecule has 0 fully saturated rings. The molecule has 0 radical (unpaired) electrons. The summed E-state index contributed by atoms with van der Waals surface area (Å²) in [5.74, 6) is 0. The molecule has 0 heterocycles. The number of rotatable bonds is 3. The summed E-state index contributed by atoms with van der Waals surface area (Å²) in [6.07, 6.45) is -3.94. The molecule has 0 bridgehead atoms. The van der Waals surface area contributed by atoms with E-state index in [-0.39, 0.29) is 6.04 Å². The highest BCUT2D eigenvalue weighted by Crippen LogP contribution is 2.30. The maximum absolute atomic E-state index is 12.7. The van der Waals surface area contributed by atoms with Crippen LogP contribution in [0.5, 0.6) is 0 Å². The van der Waals surface area contributed by atoms with Gasteiger partial charge in [-0.2, -0.15) is 13.2 Å². The van der Waals surface area contributed by atoms with Crippen molar-refractivity contribution in [3.8, 4) is 0 Å². The van der Waals surface area contributed by atoms with E-state index in [9.17, 15) is 13.2 Å². The van der Waals surface area contributed by atoms with E-state index in [4.69, 9.17) is 5.73 Å². The Balaban J connectivity index is 2.21. The lowest BCUT2D eigenvalue weighted by Gasteiger charge is -2.16. The summed E-state index contributed by atoms with van der Waals surface area (Å²) in [6, 6.07) is 11.0. The lowest BCUT2D eigenvalue weighted by molar-refractivity contribution is -0.137. The highest BCUT2D eigenvalue weighted by Gasteiger charge is 2.30. The molecule has 1 unspecified atom stereocenters. The number of aryl methyl sites for hydroxylation is 2. The first kappa shape index (κ1) is 15.6. The fourth-order valence-corrected chi connectivity index (χ4v) is 2.48. The zero-order chi connectivity index (χ0) is 15.6. The van der Waals surface area contributed by atoms with Crippen LogP contribution in [0.3, 0.4) is 0 Å². The Morgan fingerprint density at radius 2 is 1.76 bits per heavy atom. The molecule has 0 aliphatic rings. The number of hydrogen-bond donors (Lipinski definition) is 1. The molecule has 0 spiro atoms. The van der Waals surface area contributed by atoms with Gasteiger partial charge in [-0.05, 0) is 43.0 Å². The van der Waals surface area contributed by atoms with Crippen molar-refractivity contribution in [1.82, 2.24) is 0 Å². The lowest BCUT2D eigenvalue weighted by atomic mass is 9.94. The fraction of sp³-hybridized carbons (Fsp3) is 0.294. The van der Waals surface area contributed by atoms with Gasteiger partial charge in [-0.15, -0.1) is 0 Å². The Hall–Kier alpha value is -1.81. The van der Waals surface area contributed by atoms with Gasteiger partial charge in [0.25, 0.3) is 0 Å². The van der Waals surface area contributed by atoms with Crippen molar-refractivity contribution >= 4 is 0 Å². The maximum atomic E-state index is 12.7. The first-order valence-electron chi connectivity index (χ1n) is 6.76. The first-order chi connectivity index (χ1) is 9.77. The van der Waals surface area contributed by atoms with Crippen molar-refractivity contribution in [1.29, 1.82) is 0 Å². The van der Waals surface area contributed by atoms with E-state index in [1.165, 1.54) is 12.1 Å². The minimum absolute atomic E-state index is 0.311. The van der Waals surface area contributed by atoms with Gasteiger partial charge in [0.05, 0.1) is 5.56 Å². The van der Waals surface area contributed by atoms with Crippen molar-refractivity contribution in [3.05, 3.63) is 70.3 Å². The van der Waals surface area contributed by atoms with Crippen molar-refractivity contribution in [2.24, 2.45) is 5.73 Å². The molecule has 2 N–H and O–H groups in total. The van der Waals surface area contributed by atoms with Crippen LogP contribution in [0.25, 0.3) is 0 Å². The van der Waals surface area contributed by atoms with Crippen molar-refractivity contribution in [3.63, 3.8) is 0 Å². The molecule has 4 heteroatoms. The SMILES string of the molecule is Cc1ccc(C(N)Cc2cccc(C(F)(F)F)c2)c(C)c1. The Morgan fingerprint density at radius 1 is 1.05 bits per heavy atom. The molecule has 0 aliphatic carbocycles. The molecule has 1 atom stereocenters. The largest absolute Gasteiger partial charge is 0.416 e. The molecule has 1 nitrogen and oxygen atoms in total. The summed E-state index contributed by atoms with van der Waals surface area (Å²) in [7, 11) is 0. The highest BCUT2D eigenvalue weighted by atomic mass is 19.4. The Kier molecular flexibility index (Phi) is 4.37. The van der Waals surface area contributed by atoms with Gasteiger partial charge in [0.15, 0.2) is 0 Å². The maximum Gasteiger partial charge on any atom is 0.416 e. The van der Waals surface area contributed by atoms with Crippen LogP contribution < -0.4 is 5.73 Å². The second-order valence-corrected chi connectivity index (χ2v) is 5.37. The standard InChI is InChI=1S/C17H18F3N/c1-11-6-7-15(12(2)8-11)16(21)10-13-4-3-5-14(9-13)17(18,19)20/h3-9,16H,10,21H2,1-2H3. The highest BCUT2D eigenvalue weighted by molar-refractivity contribution is 5.34. The molecule has 112 valence electrons. The number of nitrogens with two attached hydrogens (primary N) is 1. The molecule has 21 heavy (non-hydrogen) atoms. The van der Waals surface area contributed by atoms with Crippen LogP contribution in [-0.4, -0.2) is 0 Å². The predicted octanol–water partition coefficient (Wildman–Crippen LogP) is 4.56. The molecular formula is C17H18F3N. The molecule has 0 saturated heterocycles. The third-order valence-corrected chi connectivity index (χ3v) is 3.53. The number of halogens is 3. The van der Waals surface area contributed by atoms with E-state index in [2.05, 4.69) is 0 Å². The van der Waals surface area contributed by atoms with Crippen LogP contribution in [-0.2, 0) is 12.6 Å². The topological polar surface area (TPSA) is 26.0 Å². The Bertz CT molecular complexity index is 632. The number of hydrogen-bond acceptors (Lipinski definition) is 1. The van der Waals surface area contributed by atoms with Crippen LogP contribution in [0.4, 0.5) is 13.2 Å². The van der Waals surface area contributed by atoms with Crippen LogP contribution in [0.2, 0.25) is 0 Å². The van der Waals surface area contributed by atoms with Crippen LogP contribution in [0.15, 0.2) is 42.5 Å². The molecule has 0 aromatic heterocycles. The molecule has 0 amide bonds. The summed E-state index contributed by atoms with van der Waals surface area (Å²) < 4.78 is 38.1. The molecule has 0 aliphatic heterocycles.